The van der Waals surface area contributed by atoms with Gasteiger partial charge in [-0.05, 0) is 0 Å². The maximum Gasteiger partial charge on any atom is 0.135 e. The van der Waals surface area contributed by atoms with E-state index in [-0.39, 0.29) is 0 Å². The van der Waals surface area contributed by atoms with Crippen molar-refractivity contribution in [2.75, 3.05) is 18.1 Å². The topological polar surface area (TPSA) is 37.9 Å². The van der Waals surface area contributed by atoms with Crippen molar-refractivity contribution >= 4 is 35.7 Å². The van der Waals surface area contributed by atoms with E-state index >= 15 is 0 Å². The van der Waals surface area contributed by atoms with E-state index in [2.05, 4.69) is 16.9 Å². The summed E-state index contributed by atoms with van der Waals surface area (Å²) >= 11 is 9.42. The van der Waals surface area contributed by atoms with Crippen LogP contribution in [0.5, 0.6) is 0 Å². The Labute approximate surface area is 120 Å². The number of ether oxygens (including phenoxy) is 1. The maximum absolute atomic E-state index is 5.45. The molecule has 0 amide bonds. The van der Waals surface area contributed by atoms with Crippen molar-refractivity contribution in [2.45, 2.75) is 30.5 Å². The molecule has 2 aliphatic rings. The molecule has 0 aliphatic carbocycles. The Hall–Kier alpha value is -0.0400. The van der Waals surface area contributed by atoms with E-state index in [0.717, 1.165) is 29.1 Å². The third-order valence-electron chi connectivity index (χ3n) is 3.32. The van der Waals surface area contributed by atoms with Crippen LogP contribution in [0, 0.1) is 4.64 Å². The van der Waals surface area contributed by atoms with Gasteiger partial charge in [0.2, 0.25) is 0 Å². The summed E-state index contributed by atoms with van der Waals surface area (Å²) in [6.07, 6.45) is 0.924. The van der Waals surface area contributed by atoms with E-state index < -0.39 is 0 Å². The van der Waals surface area contributed by atoms with Crippen molar-refractivity contribution in [3.8, 4) is 0 Å². The van der Waals surface area contributed by atoms with Gasteiger partial charge in [0.1, 0.15) is 10.5 Å². The molecule has 3 heterocycles. The third-order valence-corrected chi connectivity index (χ3v) is 6.76. The highest BCUT2D eigenvalue weighted by molar-refractivity contribution is 8.06. The fraction of sp³-hybridized carbons (Fsp3) is 0.667. The number of nitrogens with one attached hydrogen (secondary N) is 1. The van der Waals surface area contributed by atoms with E-state index in [0.29, 0.717) is 17.1 Å². The van der Waals surface area contributed by atoms with Crippen LogP contribution >= 0.6 is 35.7 Å². The molecule has 2 aliphatic heterocycles. The van der Waals surface area contributed by atoms with Crippen molar-refractivity contribution < 1.29 is 4.74 Å². The lowest BCUT2D eigenvalue weighted by molar-refractivity contribution is 0.108. The van der Waals surface area contributed by atoms with Crippen molar-refractivity contribution in [1.82, 2.24) is 9.97 Å². The first-order chi connectivity index (χ1) is 8.75. The SMILES string of the molecule is CC1SCCSC1c1nc(=S)c2c([nH]1)CCOC2. The van der Waals surface area contributed by atoms with Gasteiger partial charge in [0.25, 0.3) is 0 Å². The van der Waals surface area contributed by atoms with Crippen LogP contribution in [-0.4, -0.2) is 33.3 Å². The highest BCUT2D eigenvalue weighted by Gasteiger charge is 2.27. The molecule has 0 radical (unpaired) electrons. The smallest absolute Gasteiger partial charge is 0.135 e. The van der Waals surface area contributed by atoms with Gasteiger partial charge in [-0.2, -0.15) is 11.8 Å². The van der Waals surface area contributed by atoms with Gasteiger partial charge in [-0.3, -0.25) is 0 Å². The first-order valence-corrected chi connectivity index (χ1v) is 8.69. The Balaban J connectivity index is 1.97. The summed E-state index contributed by atoms with van der Waals surface area (Å²) in [5, 5.41) is 1.04. The molecule has 3 rings (SSSR count). The molecule has 98 valence electrons. The number of fused-ring (bicyclic) bond motifs is 1. The molecule has 0 saturated carbocycles. The minimum atomic E-state index is 0.443. The summed E-state index contributed by atoms with van der Waals surface area (Å²) in [6.45, 7) is 3.67. The molecular formula is C12H16N2OS3. The Kier molecular flexibility index (Phi) is 3.98. The number of hydrogen-bond donors (Lipinski definition) is 1. The lowest BCUT2D eigenvalue weighted by atomic mass is 10.1. The Morgan fingerprint density at radius 3 is 3.06 bits per heavy atom. The largest absolute Gasteiger partial charge is 0.376 e. The standard InChI is InChI=1S/C12H16N2OS3/c1-7-10(18-5-4-17-7)11-13-9-2-3-15-6-8(9)12(16)14-11/h7,10H,2-6H2,1H3,(H,13,14,16). The molecule has 2 unspecified atom stereocenters. The average Bonchev–Trinajstić information content (AvgIpc) is 2.39. The molecule has 2 atom stereocenters. The summed E-state index contributed by atoms with van der Waals surface area (Å²) in [5.41, 5.74) is 2.32. The number of nitrogens with zero attached hydrogens (tertiary/aromatic N) is 1. The number of aromatic nitrogens is 2. The normalized spacial score (nSPS) is 27.8. The predicted octanol–water partition coefficient (Wildman–Crippen LogP) is 3.12. The Morgan fingerprint density at radius 2 is 2.22 bits per heavy atom. The van der Waals surface area contributed by atoms with Crippen LogP contribution in [0.3, 0.4) is 0 Å². The second kappa shape index (κ2) is 5.53. The fourth-order valence-corrected chi connectivity index (χ4v) is 5.33. The highest BCUT2D eigenvalue weighted by Crippen LogP contribution is 2.41. The Bertz CT molecular complexity index is 503. The molecule has 18 heavy (non-hydrogen) atoms. The van der Waals surface area contributed by atoms with Gasteiger partial charge >= 0.3 is 0 Å². The van der Waals surface area contributed by atoms with Crippen molar-refractivity contribution in [1.29, 1.82) is 0 Å². The summed E-state index contributed by atoms with van der Waals surface area (Å²) in [4.78, 5) is 8.12. The molecule has 3 nitrogen and oxygen atoms in total. The molecule has 0 spiro atoms. The highest BCUT2D eigenvalue weighted by atomic mass is 32.2. The number of rotatable bonds is 1. The van der Waals surface area contributed by atoms with Crippen LogP contribution in [0.2, 0.25) is 0 Å². The monoisotopic (exact) mass is 300 g/mol. The van der Waals surface area contributed by atoms with Gasteiger partial charge < -0.3 is 9.72 Å². The van der Waals surface area contributed by atoms with Crippen molar-refractivity contribution in [2.24, 2.45) is 0 Å². The molecule has 1 aromatic heterocycles. The Morgan fingerprint density at radius 1 is 1.39 bits per heavy atom. The molecule has 1 saturated heterocycles. The van der Waals surface area contributed by atoms with E-state index in [1.54, 1.807) is 0 Å². The number of thioether (sulfide) groups is 2. The van der Waals surface area contributed by atoms with Gasteiger partial charge in [-0.15, -0.1) is 11.8 Å². The minimum absolute atomic E-state index is 0.443. The van der Waals surface area contributed by atoms with Crippen LogP contribution in [0.25, 0.3) is 0 Å². The average molecular weight is 300 g/mol. The zero-order chi connectivity index (χ0) is 12.5. The van der Waals surface area contributed by atoms with Crippen LogP contribution in [0.15, 0.2) is 0 Å². The molecule has 1 fully saturated rings. The van der Waals surface area contributed by atoms with Crippen molar-refractivity contribution in [3.05, 3.63) is 21.7 Å². The summed E-state index contributed by atoms with van der Waals surface area (Å²) < 4.78 is 6.17. The molecule has 0 bridgehead atoms. The summed E-state index contributed by atoms with van der Waals surface area (Å²) in [6, 6.07) is 0. The summed E-state index contributed by atoms with van der Waals surface area (Å²) in [7, 11) is 0. The predicted molar refractivity (Wildman–Crippen MR) is 79.9 cm³/mol. The van der Waals surface area contributed by atoms with Gasteiger partial charge in [0, 0.05) is 34.4 Å². The van der Waals surface area contributed by atoms with Crippen LogP contribution in [0.4, 0.5) is 0 Å². The molecule has 0 aromatic carbocycles. The van der Waals surface area contributed by atoms with Crippen LogP contribution < -0.4 is 0 Å². The maximum atomic E-state index is 5.45. The molecule has 1 N–H and O–H groups in total. The fourth-order valence-electron chi connectivity index (χ4n) is 2.34. The second-order valence-electron chi connectivity index (χ2n) is 4.55. The lowest BCUT2D eigenvalue weighted by Crippen LogP contribution is -2.21. The zero-order valence-electron chi connectivity index (χ0n) is 10.3. The number of aromatic amines is 1. The second-order valence-corrected chi connectivity index (χ2v) is 7.68. The number of H-pyrrole nitrogens is 1. The van der Waals surface area contributed by atoms with Gasteiger partial charge in [0.05, 0.1) is 18.5 Å². The lowest BCUT2D eigenvalue weighted by Gasteiger charge is -2.28. The zero-order valence-corrected chi connectivity index (χ0v) is 12.7. The van der Waals surface area contributed by atoms with Gasteiger partial charge in [-0.25, -0.2) is 4.98 Å². The minimum Gasteiger partial charge on any atom is -0.376 e. The summed E-state index contributed by atoms with van der Waals surface area (Å²) in [5.74, 6) is 3.50. The van der Waals surface area contributed by atoms with Crippen LogP contribution in [0.1, 0.15) is 29.3 Å². The van der Waals surface area contributed by atoms with E-state index in [4.69, 9.17) is 17.0 Å². The molecule has 6 heteroatoms. The first-order valence-electron chi connectivity index (χ1n) is 6.18. The third kappa shape index (κ3) is 2.48. The molecular weight excluding hydrogens is 284 g/mol. The van der Waals surface area contributed by atoms with E-state index in [9.17, 15) is 0 Å². The quantitative estimate of drug-likeness (QED) is 0.807. The van der Waals surface area contributed by atoms with Crippen molar-refractivity contribution in [3.63, 3.8) is 0 Å². The van der Waals surface area contributed by atoms with Gasteiger partial charge in [0.15, 0.2) is 0 Å². The van der Waals surface area contributed by atoms with Crippen LogP contribution in [-0.2, 0) is 17.8 Å². The van der Waals surface area contributed by atoms with E-state index in [1.807, 2.05) is 23.5 Å². The molecule has 1 aromatic rings. The number of hydrogen-bond acceptors (Lipinski definition) is 5. The first kappa shape index (κ1) is 13.0. The van der Waals surface area contributed by atoms with E-state index in [1.165, 1.54) is 17.2 Å². The van der Waals surface area contributed by atoms with Gasteiger partial charge in [-0.1, -0.05) is 19.1 Å².